The van der Waals surface area contributed by atoms with E-state index < -0.39 is 15.7 Å². The highest BCUT2D eigenvalue weighted by Gasteiger charge is 2.27. The first kappa shape index (κ1) is 22.4. The number of aromatic nitrogens is 2. The number of thiazole rings is 1. The van der Waals surface area contributed by atoms with Gasteiger partial charge in [-0.05, 0) is 54.4 Å². The second-order valence-corrected chi connectivity index (χ2v) is 10.9. The van der Waals surface area contributed by atoms with Crippen LogP contribution in [0.15, 0.2) is 65.8 Å². The van der Waals surface area contributed by atoms with E-state index in [-0.39, 0.29) is 22.8 Å². The highest BCUT2D eigenvalue weighted by atomic mass is 35.5. The van der Waals surface area contributed by atoms with E-state index >= 15 is 0 Å². The summed E-state index contributed by atoms with van der Waals surface area (Å²) in [5, 5.41) is 1.06. The number of sulfone groups is 1. The number of rotatable bonds is 6. The maximum absolute atomic E-state index is 13.7. The fourth-order valence-corrected chi connectivity index (χ4v) is 5.88. The Bertz CT molecular complexity index is 1400. The van der Waals surface area contributed by atoms with Crippen LogP contribution in [0.2, 0.25) is 5.02 Å². The zero-order chi connectivity index (χ0) is 22.9. The lowest BCUT2D eigenvalue weighted by Gasteiger charge is -2.21. The first-order valence-corrected chi connectivity index (χ1v) is 12.7. The molecule has 0 aliphatic heterocycles. The van der Waals surface area contributed by atoms with Gasteiger partial charge in [-0.15, -0.1) is 0 Å². The van der Waals surface area contributed by atoms with Crippen molar-refractivity contribution < 1.29 is 13.2 Å². The molecule has 2 aromatic heterocycles. The van der Waals surface area contributed by atoms with Crippen LogP contribution in [0, 0.1) is 6.92 Å². The minimum atomic E-state index is -3.59. The van der Waals surface area contributed by atoms with Crippen molar-refractivity contribution in [3.63, 3.8) is 0 Å². The Balaban J connectivity index is 1.86. The molecule has 2 heterocycles. The van der Waals surface area contributed by atoms with Gasteiger partial charge >= 0.3 is 0 Å². The molecule has 0 N–H and O–H groups in total. The molecule has 0 fully saturated rings. The number of amides is 1. The minimum Gasteiger partial charge on any atom is -0.279 e. The van der Waals surface area contributed by atoms with Crippen molar-refractivity contribution >= 4 is 54.0 Å². The third-order valence-electron chi connectivity index (χ3n) is 5.04. The number of hydrogen-bond donors (Lipinski definition) is 0. The van der Waals surface area contributed by atoms with Crippen LogP contribution >= 0.6 is 22.9 Å². The molecule has 0 saturated carbocycles. The second-order valence-electron chi connectivity index (χ2n) is 7.21. The molecule has 6 nitrogen and oxygen atoms in total. The molecule has 1 amide bonds. The van der Waals surface area contributed by atoms with Gasteiger partial charge in [-0.25, -0.2) is 13.4 Å². The van der Waals surface area contributed by atoms with E-state index in [9.17, 15) is 13.2 Å². The average Bonchev–Trinajstić information content (AvgIpc) is 3.22. The smallest absolute Gasteiger partial charge is 0.261 e. The fourth-order valence-electron chi connectivity index (χ4n) is 3.37. The van der Waals surface area contributed by atoms with Crippen molar-refractivity contribution in [2.75, 3.05) is 10.7 Å². The summed E-state index contributed by atoms with van der Waals surface area (Å²) in [5.41, 5.74) is 2.63. The number of pyridine rings is 1. The molecule has 0 spiro atoms. The van der Waals surface area contributed by atoms with Crippen LogP contribution in [0.25, 0.3) is 10.2 Å². The van der Waals surface area contributed by atoms with Crippen molar-refractivity contribution in [1.29, 1.82) is 0 Å². The highest BCUT2D eigenvalue weighted by Crippen LogP contribution is 2.35. The fraction of sp³-hybridized carbons (Fsp3) is 0.174. The van der Waals surface area contributed by atoms with Crippen LogP contribution in [0.3, 0.4) is 0 Å². The zero-order valence-electron chi connectivity index (χ0n) is 17.4. The van der Waals surface area contributed by atoms with E-state index in [0.717, 1.165) is 21.3 Å². The van der Waals surface area contributed by atoms with E-state index in [2.05, 4.69) is 4.98 Å². The molecular formula is C23H20ClN3O3S2. The molecule has 164 valence electrons. The van der Waals surface area contributed by atoms with Gasteiger partial charge in [0.2, 0.25) is 0 Å². The Hall–Kier alpha value is -2.81. The van der Waals surface area contributed by atoms with Crippen LogP contribution in [0.1, 0.15) is 28.4 Å². The van der Waals surface area contributed by atoms with E-state index in [1.54, 1.807) is 37.5 Å². The van der Waals surface area contributed by atoms with Gasteiger partial charge in [0.05, 0.1) is 33.0 Å². The second kappa shape index (κ2) is 8.97. The Morgan fingerprint density at radius 2 is 1.84 bits per heavy atom. The third kappa shape index (κ3) is 4.39. The predicted octanol–water partition coefficient (Wildman–Crippen LogP) is 5.29. The maximum atomic E-state index is 13.7. The first-order chi connectivity index (χ1) is 15.3. The number of aryl methyl sites for hydroxylation is 1. The maximum Gasteiger partial charge on any atom is 0.261 e. The summed E-state index contributed by atoms with van der Waals surface area (Å²) in [7, 11) is -3.59. The lowest BCUT2D eigenvalue weighted by Crippen LogP contribution is -2.31. The molecule has 9 heteroatoms. The summed E-state index contributed by atoms with van der Waals surface area (Å²) in [6.07, 6.45) is 3.30. The first-order valence-electron chi connectivity index (χ1n) is 9.89. The molecule has 4 aromatic rings. The number of anilines is 1. The van der Waals surface area contributed by atoms with Crippen molar-refractivity contribution in [2.24, 2.45) is 0 Å². The number of halogens is 1. The van der Waals surface area contributed by atoms with Crippen molar-refractivity contribution in [3.05, 3.63) is 82.6 Å². The number of carbonyl (C=O) groups is 1. The van der Waals surface area contributed by atoms with Crippen LogP contribution in [-0.2, 0) is 16.4 Å². The molecule has 2 aromatic carbocycles. The van der Waals surface area contributed by atoms with Gasteiger partial charge < -0.3 is 0 Å². The number of nitrogens with zero attached hydrogens (tertiary/aromatic N) is 3. The van der Waals surface area contributed by atoms with Gasteiger partial charge in [0, 0.05) is 17.4 Å². The van der Waals surface area contributed by atoms with Crippen LogP contribution in [0.5, 0.6) is 0 Å². The van der Waals surface area contributed by atoms with Crippen molar-refractivity contribution in [2.45, 2.75) is 25.3 Å². The van der Waals surface area contributed by atoms with E-state index in [1.807, 2.05) is 31.2 Å². The standard InChI is InChI=1S/C23H20ClN3O3S2/c1-3-32(29,30)20-7-5-4-6-18(20)22(28)27(14-16-8-10-25-11-9-16)23-26-21-15(2)12-17(24)13-19(21)31-23/h4-13H,3,14H2,1-2H3. The SMILES string of the molecule is CCS(=O)(=O)c1ccccc1C(=O)N(Cc1ccncc1)c1nc2c(C)cc(Cl)cc2s1. The normalized spacial score (nSPS) is 11.6. The lowest BCUT2D eigenvalue weighted by atomic mass is 10.2. The topological polar surface area (TPSA) is 80.2 Å². The van der Waals surface area contributed by atoms with Crippen molar-refractivity contribution in [3.8, 4) is 0 Å². The summed E-state index contributed by atoms with van der Waals surface area (Å²) in [6.45, 7) is 3.69. The van der Waals surface area contributed by atoms with Gasteiger partial charge in [-0.3, -0.25) is 14.7 Å². The molecule has 0 aliphatic carbocycles. The monoisotopic (exact) mass is 485 g/mol. The molecule has 0 aliphatic rings. The molecular weight excluding hydrogens is 466 g/mol. The highest BCUT2D eigenvalue weighted by molar-refractivity contribution is 7.91. The van der Waals surface area contributed by atoms with E-state index in [1.165, 1.54) is 22.3 Å². The summed E-state index contributed by atoms with van der Waals surface area (Å²) >= 11 is 7.55. The molecule has 32 heavy (non-hydrogen) atoms. The average molecular weight is 486 g/mol. The molecule has 0 unspecified atom stereocenters. The Labute approximate surface area is 195 Å². The van der Waals surface area contributed by atoms with E-state index in [4.69, 9.17) is 16.6 Å². The summed E-state index contributed by atoms with van der Waals surface area (Å²) in [6, 6.07) is 13.6. The summed E-state index contributed by atoms with van der Waals surface area (Å²) in [4.78, 5) is 24.0. The molecule has 0 atom stereocenters. The minimum absolute atomic E-state index is 0.0209. The van der Waals surface area contributed by atoms with Gasteiger partial charge in [-0.1, -0.05) is 42.0 Å². The van der Waals surface area contributed by atoms with Gasteiger partial charge in [0.25, 0.3) is 5.91 Å². The zero-order valence-corrected chi connectivity index (χ0v) is 19.8. The summed E-state index contributed by atoms with van der Waals surface area (Å²) in [5.74, 6) is -0.530. The van der Waals surface area contributed by atoms with Crippen LogP contribution in [-0.4, -0.2) is 30.0 Å². The van der Waals surface area contributed by atoms with Gasteiger partial charge in [-0.2, -0.15) is 0 Å². The van der Waals surface area contributed by atoms with Gasteiger partial charge in [0.1, 0.15) is 0 Å². The number of hydrogen-bond acceptors (Lipinski definition) is 6. The number of fused-ring (bicyclic) bond motifs is 1. The quantitative estimate of drug-likeness (QED) is 0.370. The predicted molar refractivity (Wildman–Crippen MR) is 128 cm³/mol. The Morgan fingerprint density at radius 1 is 1.12 bits per heavy atom. The Morgan fingerprint density at radius 3 is 2.56 bits per heavy atom. The Kier molecular flexibility index (Phi) is 6.28. The van der Waals surface area contributed by atoms with E-state index in [0.29, 0.717) is 10.2 Å². The van der Waals surface area contributed by atoms with Crippen LogP contribution < -0.4 is 4.90 Å². The summed E-state index contributed by atoms with van der Waals surface area (Å²) < 4.78 is 26.2. The molecule has 4 rings (SSSR count). The van der Waals surface area contributed by atoms with Crippen molar-refractivity contribution in [1.82, 2.24) is 9.97 Å². The molecule has 0 radical (unpaired) electrons. The number of benzene rings is 2. The van der Waals surface area contributed by atoms with Crippen LogP contribution in [0.4, 0.5) is 5.13 Å². The largest absolute Gasteiger partial charge is 0.279 e. The molecule has 0 bridgehead atoms. The molecule has 0 saturated heterocycles. The lowest BCUT2D eigenvalue weighted by molar-refractivity contribution is 0.0982. The van der Waals surface area contributed by atoms with Gasteiger partial charge in [0.15, 0.2) is 15.0 Å². The third-order valence-corrected chi connectivity index (χ3v) is 8.07. The number of carbonyl (C=O) groups excluding carboxylic acids is 1.